The molecule has 106 valence electrons. The van der Waals surface area contributed by atoms with E-state index in [1.54, 1.807) is 13.0 Å². The molecule has 5 nitrogen and oxygen atoms in total. The zero-order valence-electron chi connectivity index (χ0n) is 12.1. The fourth-order valence-electron chi connectivity index (χ4n) is 1.98. The van der Waals surface area contributed by atoms with E-state index in [-0.39, 0.29) is 5.69 Å². The van der Waals surface area contributed by atoms with Crippen LogP contribution in [0.3, 0.4) is 0 Å². The summed E-state index contributed by atoms with van der Waals surface area (Å²) in [6.07, 6.45) is 3.48. The topological polar surface area (TPSA) is 68.1 Å². The first-order valence-corrected chi connectivity index (χ1v) is 6.78. The van der Waals surface area contributed by atoms with Gasteiger partial charge in [-0.2, -0.15) is 0 Å². The van der Waals surface area contributed by atoms with Crippen LogP contribution in [0, 0.1) is 23.0 Å². The van der Waals surface area contributed by atoms with E-state index in [2.05, 4.69) is 31.1 Å². The van der Waals surface area contributed by atoms with Crippen LogP contribution in [-0.4, -0.2) is 15.9 Å². The van der Waals surface area contributed by atoms with Gasteiger partial charge in [0.25, 0.3) is 5.69 Å². The van der Waals surface area contributed by atoms with Crippen LogP contribution in [0.1, 0.15) is 45.7 Å². The molecule has 1 atom stereocenters. The molecule has 1 unspecified atom stereocenters. The molecule has 0 spiro atoms. The molecule has 0 bridgehead atoms. The standard InChI is InChI=1S/C14H23N3O2/c1-10(2)6-5-7-11(3)15-14-9-8-13(17(18)19)12(4)16-14/h8-11H,5-7H2,1-4H3,(H,15,16). The molecule has 1 aromatic rings. The first-order chi connectivity index (χ1) is 8.90. The predicted molar refractivity (Wildman–Crippen MR) is 77.4 cm³/mol. The summed E-state index contributed by atoms with van der Waals surface area (Å²) >= 11 is 0. The lowest BCUT2D eigenvalue weighted by atomic mass is 10.0. The molecule has 1 aromatic heterocycles. The number of rotatable bonds is 7. The number of nitrogens with one attached hydrogen (secondary N) is 1. The number of aryl methyl sites for hydroxylation is 1. The molecule has 1 N–H and O–H groups in total. The first kappa shape index (κ1) is 15.4. The second kappa shape index (κ2) is 7.07. The van der Waals surface area contributed by atoms with E-state index < -0.39 is 4.92 Å². The summed E-state index contributed by atoms with van der Waals surface area (Å²) in [5, 5.41) is 14.0. The maximum atomic E-state index is 10.7. The van der Waals surface area contributed by atoms with E-state index in [1.807, 2.05) is 0 Å². The molecule has 0 aliphatic carbocycles. The van der Waals surface area contributed by atoms with Gasteiger partial charge >= 0.3 is 0 Å². The maximum absolute atomic E-state index is 10.7. The van der Waals surface area contributed by atoms with Crippen LogP contribution in [-0.2, 0) is 0 Å². The summed E-state index contributed by atoms with van der Waals surface area (Å²) in [6, 6.07) is 3.50. The summed E-state index contributed by atoms with van der Waals surface area (Å²) in [5.74, 6) is 1.44. The van der Waals surface area contributed by atoms with E-state index in [0.29, 0.717) is 17.6 Å². The molecule has 0 aromatic carbocycles. The molecule has 5 heteroatoms. The smallest absolute Gasteiger partial charge is 0.290 e. The number of aromatic nitrogens is 1. The van der Waals surface area contributed by atoms with Gasteiger partial charge in [0.1, 0.15) is 11.5 Å². The van der Waals surface area contributed by atoms with E-state index in [1.165, 1.54) is 18.9 Å². The Morgan fingerprint density at radius 3 is 2.53 bits per heavy atom. The monoisotopic (exact) mass is 265 g/mol. The van der Waals surface area contributed by atoms with E-state index in [9.17, 15) is 10.1 Å². The Hall–Kier alpha value is -1.65. The van der Waals surface area contributed by atoms with Crippen molar-refractivity contribution in [2.24, 2.45) is 5.92 Å². The van der Waals surface area contributed by atoms with Gasteiger partial charge in [0, 0.05) is 12.1 Å². The molecule has 19 heavy (non-hydrogen) atoms. The fraction of sp³-hybridized carbons (Fsp3) is 0.643. The van der Waals surface area contributed by atoms with Gasteiger partial charge in [-0.15, -0.1) is 0 Å². The lowest BCUT2D eigenvalue weighted by Crippen LogP contribution is -2.16. The second-order valence-corrected chi connectivity index (χ2v) is 5.43. The number of nitro groups is 1. The average molecular weight is 265 g/mol. The maximum Gasteiger partial charge on any atom is 0.290 e. The van der Waals surface area contributed by atoms with E-state index in [4.69, 9.17) is 0 Å². The minimum atomic E-state index is -0.405. The third kappa shape index (κ3) is 5.24. The lowest BCUT2D eigenvalue weighted by Gasteiger charge is -2.15. The van der Waals surface area contributed by atoms with Crippen molar-refractivity contribution in [2.45, 2.75) is 53.0 Å². The number of hydrogen-bond acceptors (Lipinski definition) is 4. The lowest BCUT2D eigenvalue weighted by molar-refractivity contribution is -0.385. The zero-order valence-corrected chi connectivity index (χ0v) is 12.1. The van der Waals surface area contributed by atoms with Crippen LogP contribution in [0.2, 0.25) is 0 Å². The fourth-order valence-corrected chi connectivity index (χ4v) is 1.98. The van der Waals surface area contributed by atoms with E-state index >= 15 is 0 Å². The SMILES string of the molecule is Cc1nc(NC(C)CCCC(C)C)ccc1[N+](=O)[O-]. The highest BCUT2D eigenvalue weighted by Gasteiger charge is 2.12. The molecule has 1 rings (SSSR count). The van der Waals surface area contributed by atoms with Crippen molar-refractivity contribution in [3.05, 3.63) is 27.9 Å². The average Bonchev–Trinajstić information content (AvgIpc) is 2.27. The summed E-state index contributed by atoms with van der Waals surface area (Å²) < 4.78 is 0. The highest BCUT2D eigenvalue weighted by molar-refractivity contribution is 5.45. The molecule has 0 aliphatic heterocycles. The largest absolute Gasteiger partial charge is 0.368 e. The Kier molecular flexibility index (Phi) is 5.73. The normalized spacial score (nSPS) is 12.5. The van der Waals surface area contributed by atoms with Crippen molar-refractivity contribution >= 4 is 11.5 Å². The van der Waals surface area contributed by atoms with Crippen LogP contribution in [0.5, 0.6) is 0 Å². The quantitative estimate of drug-likeness (QED) is 0.599. The Bertz CT molecular complexity index is 433. The molecule has 0 amide bonds. The van der Waals surface area contributed by atoms with Crippen LogP contribution >= 0.6 is 0 Å². The summed E-state index contributed by atoms with van der Waals surface area (Å²) in [4.78, 5) is 14.5. The van der Waals surface area contributed by atoms with Gasteiger partial charge in [-0.25, -0.2) is 4.98 Å². The van der Waals surface area contributed by atoms with Crippen LogP contribution in [0.4, 0.5) is 11.5 Å². The highest BCUT2D eigenvalue weighted by atomic mass is 16.6. The van der Waals surface area contributed by atoms with Gasteiger partial charge in [-0.1, -0.05) is 26.7 Å². The van der Waals surface area contributed by atoms with Crippen molar-refractivity contribution in [3.63, 3.8) is 0 Å². The molecular weight excluding hydrogens is 242 g/mol. The van der Waals surface area contributed by atoms with Crippen LogP contribution in [0.15, 0.2) is 12.1 Å². The van der Waals surface area contributed by atoms with Crippen molar-refractivity contribution in [2.75, 3.05) is 5.32 Å². The van der Waals surface area contributed by atoms with Gasteiger partial charge < -0.3 is 5.32 Å². The molecule has 0 saturated heterocycles. The second-order valence-electron chi connectivity index (χ2n) is 5.43. The number of anilines is 1. The Labute approximate surface area is 114 Å². The zero-order chi connectivity index (χ0) is 14.4. The highest BCUT2D eigenvalue weighted by Crippen LogP contribution is 2.19. The third-order valence-electron chi connectivity index (χ3n) is 3.07. The summed E-state index contributed by atoms with van der Waals surface area (Å²) in [7, 11) is 0. The minimum absolute atomic E-state index is 0.0676. The Morgan fingerprint density at radius 2 is 2.00 bits per heavy atom. The molecule has 0 fully saturated rings. The first-order valence-electron chi connectivity index (χ1n) is 6.78. The Morgan fingerprint density at radius 1 is 1.32 bits per heavy atom. The van der Waals surface area contributed by atoms with Crippen molar-refractivity contribution in [3.8, 4) is 0 Å². The number of nitrogens with zero attached hydrogens (tertiary/aromatic N) is 2. The van der Waals surface area contributed by atoms with Gasteiger partial charge in [0.05, 0.1) is 4.92 Å². The molecular formula is C14H23N3O2. The number of hydrogen-bond donors (Lipinski definition) is 1. The molecule has 0 radical (unpaired) electrons. The molecule has 0 aliphatic rings. The summed E-state index contributed by atoms with van der Waals surface area (Å²) in [6.45, 7) is 8.21. The van der Waals surface area contributed by atoms with Gasteiger partial charge in [0.15, 0.2) is 0 Å². The van der Waals surface area contributed by atoms with Crippen LogP contribution in [0.25, 0.3) is 0 Å². The number of pyridine rings is 1. The van der Waals surface area contributed by atoms with E-state index in [0.717, 1.165) is 12.3 Å². The molecule has 0 saturated carbocycles. The van der Waals surface area contributed by atoms with Crippen LogP contribution < -0.4 is 5.32 Å². The Balaban J connectivity index is 2.53. The predicted octanol–water partition coefficient (Wildman–Crippen LogP) is 3.92. The van der Waals surface area contributed by atoms with Crippen molar-refractivity contribution in [1.82, 2.24) is 4.98 Å². The third-order valence-corrected chi connectivity index (χ3v) is 3.07. The summed E-state index contributed by atoms with van der Waals surface area (Å²) in [5.41, 5.74) is 0.516. The van der Waals surface area contributed by atoms with Gasteiger partial charge in [-0.3, -0.25) is 10.1 Å². The van der Waals surface area contributed by atoms with Crippen molar-refractivity contribution in [1.29, 1.82) is 0 Å². The van der Waals surface area contributed by atoms with Crippen molar-refractivity contribution < 1.29 is 4.92 Å². The minimum Gasteiger partial charge on any atom is -0.368 e. The van der Waals surface area contributed by atoms with Gasteiger partial charge in [0.2, 0.25) is 0 Å². The molecule has 1 heterocycles. The van der Waals surface area contributed by atoms with Gasteiger partial charge in [-0.05, 0) is 32.3 Å².